The minimum Gasteiger partial charge on any atom is -0.438 e. The molecule has 0 atom stereocenters. The highest BCUT2D eigenvalue weighted by atomic mass is 32.1. The normalized spacial score (nSPS) is 9.87. The highest BCUT2D eigenvalue weighted by Gasteiger charge is 2.07. The van der Waals surface area contributed by atoms with E-state index in [2.05, 4.69) is 4.98 Å². The minimum atomic E-state index is -0.539. The lowest BCUT2D eigenvalue weighted by molar-refractivity contribution is 0.0999. The Hall–Kier alpha value is -1.88. The molecular weight excluding hydrogens is 212 g/mol. The summed E-state index contributed by atoms with van der Waals surface area (Å²) >= 11 is 1.17. The van der Waals surface area contributed by atoms with Crippen LogP contribution in [0.1, 0.15) is 9.80 Å². The molecule has 0 spiro atoms. The fourth-order valence-corrected chi connectivity index (χ4v) is 1.60. The monoisotopic (exact) mass is 220 g/mol. The van der Waals surface area contributed by atoms with Crippen LogP contribution >= 0.6 is 11.3 Å². The standard InChI is InChI=1S/C10H8N2O2S/c11-9(13)10-12-8(6-15-10)14-7-4-2-1-3-5-7/h1-6H,(H2,11,13). The Bertz CT molecular complexity index is 467. The number of nitrogens with zero attached hydrogens (tertiary/aromatic N) is 1. The molecule has 0 fully saturated rings. The van der Waals surface area contributed by atoms with E-state index < -0.39 is 5.91 Å². The Kier molecular flexibility index (Phi) is 2.64. The van der Waals surface area contributed by atoms with Crippen molar-refractivity contribution in [1.29, 1.82) is 0 Å². The molecule has 15 heavy (non-hydrogen) atoms. The topological polar surface area (TPSA) is 65.2 Å². The Balaban J connectivity index is 2.15. The number of rotatable bonds is 3. The van der Waals surface area contributed by atoms with Gasteiger partial charge in [0, 0.05) is 0 Å². The molecule has 0 bridgehead atoms. The zero-order valence-corrected chi connectivity index (χ0v) is 8.53. The second kappa shape index (κ2) is 4.10. The van der Waals surface area contributed by atoms with E-state index >= 15 is 0 Å². The molecule has 0 saturated carbocycles. The minimum absolute atomic E-state index is 0.251. The highest BCUT2D eigenvalue weighted by molar-refractivity contribution is 7.11. The largest absolute Gasteiger partial charge is 0.438 e. The van der Waals surface area contributed by atoms with E-state index in [4.69, 9.17) is 10.5 Å². The highest BCUT2D eigenvalue weighted by Crippen LogP contribution is 2.22. The van der Waals surface area contributed by atoms with Gasteiger partial charge in [-0.2, -0.15) is 4.98 Å². The van der Waals surface area contributed by atoms with E-state index in [0.29, 0.717) is 11.6 Å². The van der Waals surface area contributed by atoms with Crippen LogP contribution in [0.5, 0.6) is 11.6 Å². The van der Waals surface area contributed by atoms with Crippen molar-refractivity contribution in [2.45, 2.75) is 0 Å². The Labute approximate surface area is 90.3 Å². The van der Waals surface area contributed by atoms with Crippen molar-refractivity contribution in [3.8, 4) is 11.6 Å². The number of thiazole rings is 1. The van der Waals surface area contributed by atoms with Gasteiger partial charge in [-0.05, 0) is 12.1 Å². The van der Waals surface area contributed by atoms with Crippen molar-refractivity contribution in [2.75, 3.05) is 0 Å². The zero-order valence-electron chi connectivity index (χ0n) is 7.71. The lowest BCUT2D eigenvalue weighted by Crippen LogP contribution is -2.10. The van der Waals surface area contributed by atoms with Crippen molar-refractivity contribution in [1.82, 2.24) is 4.98 Å². The number of hydrogen-bond acceptors (Lipinski definition) is 4. The molecule has 1 aromatic heterocycles. The van der Waals surface area contributed by atoms with Gasteiger partial charge in [-0.25, -0.2) is 0 Å². The van der Waals surface area contributed by atoms with Crippen molar-refractivity contribution in [3.63, 3.8) is 0 Å². The number of hydrogen-bond donors (Lipinski definition) is 1. The first kappa shape index (κ1) is 9.67. The van der Waals surface area contributed by atoms with Crippen molar-refractivity contribution >= 4 is 17.2 Å². The van der Waals surface area contributed by atoms with Gasteiger partial charge in [0.25, 0.3) is 5.91 Å². The van der Waals surface area contributed by atoms with Gasteiger partial charge in [0.1, 0.15) is 5.75 Å². The lowest BCUT2D eigenvalue weighted by atomic mass is 10.3. The van der Waals surface area contributed by atoms with Gasteiger partial charge in [0.2, 0.25) is 5.88 Å². The molecule has 0 saturated heterocycles. The van der Waals surface area contributed by atoms with Gasteiger partial charge in [0.05, 0.1) is 5.38 Å². The van der Waals surface area contributed by atoms with Gasteiger partial charge in [0.15, 0.2) is 5.01 Å². The van der Waals surface area contributed by atoms with E-state index in [9.17, 15) is 4.79 Å². The number of nitrogens with two attached hydrogens (primary N) is 1. The van der Waals surface area contributed by atoms with Crippen molar-refractivity contribution < 1.29 is 9.53 Å². The molecule has 0 radical (unpaired) electrons. The number of benzene rings is 1. The average molecular weight is 220 g/mol. The van der Waals surface area contributed by atoms with Crippen LogP contribution in [0.2, 0.25) is 0 Å². The predicted octanol–water partition coefficient (Wildman–Crippen LogP) is 2.03. The maximum absolute atomic E-state index is 10.8. The van der Waals surface area contributed by atoms with E-state index in [-0.39, 0.29) is 5.01 Å². The number of carbonyl (C=O) groups is 1. The fourth-order valence-electron chi connectivity index (χ4n) is 1.03. The summed E-state index contributed by atoms with van der Waals surface area (Å²) < 4.78 is 5.40. The van der Waals surface area contributed by atoms with E-state index in [1.165, 1.54) is 11.3 Å². The van der Waals surface area contributed by atoms with E-state index in [0.717, 1.165) is 0 Å². The third kappa shape index (κ3) is 2.32. The summed E-state index contributed by atoms with van der Waals surface area (Å²) in [6.45, 7) is 0. The van der Waals surface area contributed by atoms with Gasteiger partial charge >= 0.3 is 0 Å². The average Bonchev–Trinajstić information content (AvgIpc) is 2.68. The molecule has 1 amide bonds. The number of carbonyl (C=O) groups excluding carboxylic acids is 1. The zero-order chi connectivity index (χ0) is 10.7. The number of ether oxygens (including phenoxy) is 1. The van der Waals surface area contributed by atoms with Crippen molar-refractivity contribution in [2.24, 2.45) is 5.73 Å². The summed E-state index contributed by atoms with van der Waals surface area (Å²) in [4.78, 5) is 14.7. The number of primary amides is 1. The van der Waals surface area contributed by atoms with Crippen LogP contribution < -0.4 is 10.5 Å². The summed E-state index contributed by atoms with van der Waals surface area (Å²) in [5, 5.41) is 1.90. The maximum Gasteiger partial charge on any atom is 0.277 e. The first-order valence-corrected chi connectivity index (χ1v) is 5.12. The summed E-state index contributed by atoms with van der Waals surface area (Å²) in [5.41, 5.74) is 5.07. The Morgan fingerprint density at radius 2 is 2.07 bits per heavy atom. The van der Waals surface area contributed by atoms with Gasteiger partial charge in [-0.1, -0.05) is 18.2 Å². The molecule has 0 aliphatic heterocycles. The molecule has 76 valence electrons. The van der Waals surface area contributed by atoms with Crippen LogP contribution in [-0.4, -0.2) is 10.9 Å². The number of amides is 1. The van der Waals surface area contributed by atoms with Crippen LogP contribution in [0.4, 0.5) is 0 Å². The van der Waals surface area contributed by atoms with Crippen molar-refractivity contribution in [3.05, 3.63) is 40.7 Å². The quantitative estimate of drug-likeness (QED) is 0.860. The molecule has 0 unspecified atom stereocenters. The molecule has 2 aromatic rings. The predicted molar refractivity (Wildman–Crippen MR) is 57.1 cm³/mol. The first-order valence-electron chi connectivity index (χ1n) is 4.24. The van der Waals surface area contributed by atoms with E-state index in [1.807, 2.05) is 30.3 Å². The van der Waals surface area contributed by atoms with Gasteiger partial charge in [-0.15, -0.1) is 11.3 Å². The molecule has 2 rings (SSSR count). The summed E-state index contributed by atoms with van der Waals surface area (Å²) in [6.07, 6.45) is 0. The smallest absolute Gasteiger partial charge is 0.277 e. The summed E-state index contributed by atoms with van der Waals surface area (Å²) in [6, 6.07) is 9.22. The molecule has 1 heterocycles. The van der Waals surface area contributed by atoms with Gasteiger partial charge < -0.3 is 10.5 Å². The molecule has 0 aliphatic rings. The number of aromatic nitrogens is 1. The molecule has 5 heteroatoms. The van der Waals surface area contributed by atoms with Crippen LogP contribution in [0.15, 0.2) is 35.7 Å². The van der Waals surface area contributed by atoms with E-state index in [1.54, 1.807) is 5.38 Å². The molecule has 0 aliphatic carbocycles. The van der Waals surface area contributed by atoms with Crippen LogP contribution in [0, 0.1) is 0 Å². The molecule has 4 nitrogen and oxygen atoms in total. The summed E-state index contributed by atoms with van der Waals surface area (Å²) in [5.74, 6) is 0.529. The molecule has 1 aromatic carbocycles. The van der Waals surface area contributed by atoms with Crippen LogP contribution in [0.3, 0.4) is 0 Å². The van der Waals surface area contributed by atoms with Gasteiger partial charge in [-0.3, -0.25) is 4.79 Å². The number of para-hydroxylation sites is 1. The third-order valence-electron chi connectivity index (χ3n) is 1.66. The first-order chi connectivity index (χ1) is 7.25. The fraction of sp³-hybridized carbons (Fsp3) is 0. The SMILES string of the molecule is NC(=O)c1nc(Oc2ccccc2)cs1. The molecule has 2 N–H and O–H groups in total. The van der Waals surface area contributed by atoms with Crippen LogP contribution in [-0.2, 0) is 0 Å². The Morgan fingerprint density at radius 1 is 1.33 bits per heavy atom. The second-order valence-electron chi connectivity index (χ2n) is 2.77. The van der Waals surface area contributed by atoms with Crippen LogP contribution in [0.25, 0.3) is 0 Å². The lowest BCUT2D eigenvalue weighted by Gasteiger charge is -1.99. The molecular formula is C10H8N2O2S. The second-order valence-corrected chi connectivity index (χ2v) is 3.63. The Morgan fingerprint density at radius 3 is 2.67 bits per heavy atom. The maximum atomic E-state index is 10.8. The summed E-state index contributed by atoms with van der Waals surface area (Å²) in [7, 11) is 0. The third-order valence-corrected chi connectivity index (χ3v) is 2.49.